The molecule has 1 aliphatic carbocycles. The van der Waals surface area contributed by atoms with Gasteiger partial charge in [0.15, 0.2) is 0 Å². The zero-order valence-electron chi connectivity index (χ0n) is 18.6. The standard InChI is InChI=1S/C26H28F2N2O3/c1-17-25(22-13-21(27)11-12-23(22)28)26(20-5-3-2-4-6-20)30(29-17)14-18-7-9-19(10-8-18)15-33-16-24(31)32/h2-6,11-13,18-19H,7-10,14-16H2,1H3,(H,31,32)/t18-,19-. The van der Waals surface area contributed by atoms with Gasteiger partial charge in [-0.25, -0.2) is 13.6 Å². The van der Waals surface area contributed by atoms with Crippen LogP contribution < -0.4 is 0 Å². The van der Waals surface area contributed by atoms with Crippen molar-refractivity contribution in [1.29, 1.82) is 0 Å². The first-order valence-electron chi connectivity index (χ1n) is 11.3. The lowest BCUT2D eigenvalue weighted by atomic mass is 9.82. The van der Waals surface area contributed by atoms with Crippen molar-refractivity contribution in [3.8, 4) is 22.4 Å². The van der Waals surface area contributed by atoms with Gasteiger partial charge in [0.1, 0.15) is 18.2 Å². The van der Waals surface area contributed by atoms with E-state index in [9.17, 15) is 13.6 Å². The molecule has 0 bridgehead atoms. The third-order valence-electron chi connectivity index (χ3n) is 6.35. The maximum Gasteiger partial charge on any atom is 0.329 e. The summed E-state index contributed by atoms with van der Waals surface area (Å²) in [5, 5.41) is 13.5. The molecule has 1 saturated carbocycles. The van der Waals surface area contributed by atoms with Crippen LogP contribution in [0, 0.1) is 30.4 Å². The number of hydrogen-bond donors (Lipinski definition) is 1. The van der Waals surface area contributed by atoms with Crippen LogP contribution in [0.4, 0.5) is 8.78 Å². The quantitative estimate of drug-likeness (QED) is 0.473. The van der Waals surface area contributed by atoms with Gasteiger partial charge in [0, 0.05) is 23.2 Å². The number of hydrogen-bond acceptors (Lipinski definition) is 3. The van der Waals surface area contributed by atoms with E-state index < -0.39 is 17.6 Å². The Labute approximate surface area is 192 Å². The highest BCUT2D eigenvalue weighted by molar-refractivity contribution is 5.83. The molecule has 4 rings (SSSR count). The van der Waals surface area contributed by atoms with E-state index in [4.69, 9.17) is 14.9 Å². The fraction of sp³-hybridized carbons (Fsp3) is 0.385. The molecule has 0 saturated heterocycles. The molecule has 0 atom stereocenters. The first kappa shape index (κ1) is 23.1. The second kappa shape index (κ2) is 10.3. The smallest absolute Gasteiger partial charge is 0.329 e. The first-order valence-corrected chi connectivity index (χ1v) is 11.3. The number of rotatable bonds is 8. The fourth-order valence-electron chi connectivity index (χ4n) is 4.75. The number of nitrogens with zero attached hydrogens (tertiary/aromatic N) is 2. The van der Waals surface area contributed by atoms with Gasteiger partial charge in [-0.05, 0) is 62.6 Å². The number of aryl methyl sites for hydroxylation is 1. The number of benzene rings is 2. The average Bonchev–Trinajstić information content (AvgIpc) is 3.12. The molecule has 0 radical (unpaired) electrons. The van der Waals surface area contributed by atoms with Crippen molar-refractivity contribution in [2.75, 3.05) is 13.2 Å². The summed E-state index contributed by atoms with van der Waals surface area (Å²) in [7, 11) is 0. The SMILES string of the molecule is Cc1nn(C[C@H]2CC[C@H](COCC(=O)O)CC2)c(-c2ccccc2)c1-c1cc(F)ccc1F. The monoisotopic (exact) mass is 454 g/mol. The maximum absolute atomic E-state index is 14.7. The topological polar surface area (TPSA) is 64.4 Å². The van der Waals surface area contributed by atoms with Crippen LogP contribution in [0.1, 0.15) is 31.4 Å². The molecule has 0 aliphatic heterocycles. The summed E-state index contributed by atoms with van der Waals surface area (Å²) in [4.78, 5) is 10.6. The summed E-state index contributed by atoms with van der Waals surface area (Å²) in [6, 6.07) is 13.2. The van der Waals surface area contributed by atoms with Crippen molar-refractivity contribution >= 4 is 5.97 Å². The molecule has 1 fully saturated rings. The van der Waals surface area contributed by atoms with Crippen LogP contribution in [-0.4, -0.2) is 34.1 Å². The van der Waals surface area contributed by atoms with Crippen LogP contribution in [0.3, 0.4) is 0 Å². The normalized spacial score (nSPS) is 18.4. The molecule has 33 heavy (non-hydrogen) atoms. The molecule has 1 heterocycles. The Bertz CT molecular complexity index is 1110. The average molecular weight is 455 g/mol. The molecule has 3 aromatic rings. The summed E-state index contributed by atoms with van der Waals surface area (Å²) in [6.07, 6.45) is 3.91. The number of ether oxygens (including phenoxy) is 1. The lowest BCUT2D eigenvalue weighted by Gasteiger charge is -2.28. The first-order chi connectivity index (χ1) is 15.9. The van der Waals surface area contributed by atoms with Crippen LogP contribution in [0.2, 0.25) is 0 Å². The van der Waals surface area contributed by atoms with Gasteiger partial charge in [-0.2, -0.15) is 5.10 Å². The van der Waals surface area contributed by atoms with Crippen LogP contribution >= 0.6 is 0 Å². The number of aliphatic carboxylic acids is 1. The van der Waals surface area contributed by atoms with Crippen LogP contribution in [0.25, 0.3) is 22.4 Å². The van der Waals surface area contributed by atoms with Gasteiger partial charge in [-0.3, -0.25) is 4.68 Å². The van der Waals surface area contributed by atoms with Gasteiger partial charge < -0.3 is 9.84 Å². The number of carboxylic acids is 1. The third kappa shape index (κ3) is 5.47. The minimum absolute atomic E-state index is 0.219. The van der Waals surface area contributed by atoms with Gasteiger partial charge >= 0.3 is 5.97 Å². The Morgan fingerprint density at radius 3 is 2.48 bits per heavy atom. The Kier molecular flexibility index (Phi) is 7.18. The van der Waals surface area contributed by atoms with Crippen molar-refractivity contribution in [2.24, 2.45) is 11.8 Å². The Balaban J connectivity index is 1.58. The second-order valence-corrected chi connectivity index (χ2v) is 8.78. The molecule has 0 spiro atoms. The van der Waals surface area contributed by atoms with Crippen molar-refractivity contribution in [3.05, 3.63) is 65.9 Å². The third-order valence-corrected chi connectivity index (χ3v) is 6.35. The van der Waals surface area contributed by atoms with Gasteiger partial charge in [0.05, 0.1) is 18.0 Å². The number of carboxylic acid groups (broad SMARTS) is 1. The molecular formula is C26H28F2N2O3. The zero-order chi connectivity index (χ0) is 23.4. The predicted molar refractivity (Wildman–Crippen MR) is 122 cm³/mol. The zero-order valence-corrected chi connectivity index (χ0v) is 18.6. The van der Waals surface area contributed by atoms with Crippen LogP contribution in [-0.2, 0) is 16.1 Å². The number of aromatic nitrogens is 2. The number of halogens is 2. The molecule has 0 unspecified atom stereocenters. The Hall–Kier alpha value is -3.06. The van der Waals surface area contributed by atoms with Crippen molar-refractivity contribution in [3.63, 3.8) is 0 Å². The van der Waals surface area contributed by atoms with E-state index in [-0.39, 0.29) is 12.2 Å². The molecule has 7 heteroatoms. The predicted octanol–water partition coefficient (Wildman–Crippen LogP) is 5.71. The molecule has 5 nitrogen and oxygen atoms in total. The highest BCUT2D eigenvalue weighted by Crippen LogP contribution is 2.38. The molecule has 1 aliphatic rings. The fourth-order valence-corrected chi connectivity index (χ4v) is 4.75. The van der Waals surface area contributed by atoms with Gasteiger partial charge in [0.2, 0.25) is 0 Å². The molecule has 174 valence electrons. The summed E-state index contributed by atoms with van der Waals surface area (Å²) in [5.41, 5.74) is 3.21. The van der Waals surface area contributed by atoms with Crippen LogP contribution in [0.5, 0.6) is 0 Å². The molecular weight excluding hydrogens is 426 g/mol. The van der Waals surface area contributed by atoms with E-state index >= 15 is 0 Å². The molecule has 1 aromatic heterocycles. The van der Waals surface area contributed by atoms with Crippen molar-refractivity contribution in [2.45, 2.75) is 39.2 Å². The maximum atomic E-state index is 14.7. The Morgan fingerprint density at radius 1 is 1.09 bits per heavy atom. The minimum atomic E-state index is -0.947. The van der Waals surface area contributed by atoms with E-state index in [1.807, 2.05) is 41.9 Å². The largest absolute Gasteiger partial charge is 0.480 e. The lowest BCUT2D eigenvalue weighted by molar-refractivity contribution is -0.142. The van der Waals surface area contributed by atoms with Crippen molar-refractivity contribution < 1.29 is 23.4 Å². The molecule has 1 N–H and O–H groups in total. The summed E-state index contributed by atoms with van der Waals surface area (Å²) in [5.74, 6) is -1.14. The van der Waals surface area contributed by atoms with Gasteiger partial charge in [-0.15, -0.1) is 0 Å². The summed E-state index contributed by atoms with van der Waals surface area (Å²) < 4.78 is 36.0. The highest BCUT2D eigenvalue weighted by atomic mass is 19.1. The van der Waals surface area contributed by atoms with E-state index in [0.717, 1.165) is 49.1 Å². The van der Waals surface area contributed by atoms with E-state index in [0.29, 0.717) is 36.2 Å². The minimum Gasteiger partial charge on any atom is -0.480 e. The molecule has 0 amide bonds. The van der Waals surface area contributed by atoms with E-state index in [2.05, 4.69) is 0 Å². The van der Waals surface area contributed by atoms with E-state index in [1.165, 1.54) is 6.07 Å². The van der Waals surface area contributed by atoms with Crippen molar-refractivity contribution in [1.82, 2.24) is 9.78 Å². The molecule has 2 aromatic carbocycles. The summed E-state index contributed by atoms with van der Waals surface area (Å²) in [6.45, 7) is 2.73. The second-order valence-electron chi connectivity index (χ2n) is 8.78. The van der Waals surface area contributed by atoms with Gasteiger partial charge in [0.25, 0.3) is 0 Å². The lowest BCUT2D eigenvalue weighted by Crippen LogP contribution is -2.23. The van der Waals surface area contributed by atoms with Crippen LogP contribution in [0.15, 0.2) is 48.5 Å². The highest BCUT2D eigenvalue weighted by Gasteiger charge is 2.26. The van der Waals surface area contributed by atoms with Gasteiger partial charge in [-0.1, -0.05) is 30.3 Å². The van der Waals surface area contributed by atoms with E-state index in [1.54, 1.807) is 0 Å². The number of carbonyl (C=O) groups is 1. The summed E-state index contributed by atoms with van der Waals surface area (Å²) >= 11 is 0. The Morgan fingerprint density at radius 2 is 1.79 bits per heavy atom.